The molecule has 3 aromatic rings. The minimum absolute atomic E-state index is 0.0360. The lowest BCUT2D eigenvalue weighted by atomic mass is 10.1. The van der Waals surface area contributed by atoms with Crippen LogP contribution >= 0.6 is 0 Å². The van der Waals surface area contributed by atoms with Crippen molar-refractivity contribution in [2.45, 2.75) is 25.9 Å². The molecule has 0 unspecified atom stereocenters. The highest BCUT2D eigenvalue weighted by Gasteiger charge is 2.22. The molecule has 3 rings (SSSR count). The Bertz CT molecular complexity index is 1000. The molecule has 0 bridgehead atoms. The lowest BCUT2D eigenvalue weighted by Gasteiger charge is -2.28. The number of aromatic nitrogens is 1. The molecule has 6 nitrogen and oxygen atoms in total. The van der Waals surface area contributed by atoms with Gasteiger partial charge in [0, 0.05) is 45.6 Å². The Hall–Kier alpha value is -3.38. The van der Waals surface area contributed by atoms with Crippen molar-refractivity contribution in [1.29, 1.82) is 0 Å². The van der Waals surface area contributed by atoms with E-state index < -0.39 is 0 Å². The molecular weight excluding hydrogens is 414 g/mol. The zero-order valence-corrected chi connectivity index (χ0v) is 19.5. The second-order valence-electron chi connectivity index (χ2n) is 8.14. The average molecular weight is 448 g/mol. The summed E-state index contributed by atoms with van der Waals surface area (Å²) < 4.78 is 7.21. The van der Waals surface area contributed by atoms with Gasteiger partial charge in [0.25, 0.3) is 0 Å². The summed E-state index contributed by atoms with van der Waals surface area (Å²) in [4.78, 5) is 29.9. The van der Waals surface area contributed by atoms with Crippen LogP contribution in [0.15, 0.2) is 79.0 Å². The minimum Gasteiger partial charge on any atom is -0.383 e. The van der Waals surface area contributed by atoms with E-state index in [1.54, 1.807) is 12.0 Å². The number of methoxy groups -OCH3 is 1. The first kappa shape index (κ1) is 24.3. The van der Waals surface area contributed by atoms with Crippen LogP contribution in [0.1, 0.15) is 23.2 Å². The number of aryl methyl sites for hydroxylation is 2. The maximum Gasteiger partial charge on any atom is 0.242 e. The quantitative estimate of drug-likeness (QED) is 0.426. The van der Waals surface area contributed by atoms with Gasteiger partial charge in [-0.1, -0.05) is 60.7 Å². The van der Waals surface area contributed by atoms with Crippen molar-refractivity contribution in [2.24, 2.45) is 7.05 Å². The van der Waals surface area contributed by atoms with E-state index in [2.05, 4.69) is 0 Å². The summed E-state index contributed by atoms with van der Waals surface area (Å²) in [5.41, 5.74) is 3.20. The number of benzene rings is 2. The molecule has 1 aromatic heterocycles. The Morgan fingerprint density at radius 2 is 1.48 bits per heavy atom. The fourth-order valence-electron chi connectivity index (χ4n) is 3.70. The summed E-state index contributed by atoms with van der Waals surface area (Å²) in [6.07, 6.45) is 2.98. The third kappa shape index (κ3) is 7.61. The van der Waals surface area contributed by atoms with E-state index >= 15 is 0 Å². The normalized spacial score (nSPS) is 10.7. The van der Waals surface area contributed by atoms with Crippen LogP contribution in [0.2, 0.25) is 0 Å². The molecule has 0 radical (unpaired) electrons. The number of amides is 2. The molecule has 0 saturated carbocycles. The van der Waals surface area contributed by atoms with E-state index in [0.29, 0.717) is 39.1 Å². The maximum absolute atomic E-state index is 13.4. The molecule has 0 fully saturated rings. The second kappa shape index (κ2) is 12.6. The SMILES string of the molecule is COCCN(CC(=O)N(Cc1ccccc1)Cc1cccn1C)C(=O)CCc1ccccc1. The largest absolute Gasteiger partial charge is 0.383 e. The smallest absolute Gasteiger partial charge is 0.242 e. The molecule has 1 heterocycles. The van der Waals surface area contributed by atoms with E-state index in [1.165, 1.54) is 0 Å². The number of carbonyl (C=O) groups is 2. The van der Waals surface area contributed by atoms with Crippen LogP contribution < -0.4 is 0 Å². The Labute approximate surface area is 196 Å². The molecule has 0 N–H and O–H groups in total. The van der Waals surface area contributed by atoms with Crippen LogP contribution in [-0.2, 0) is 40.9 Å². The number of nitrogens with zero attached hydrogens (tertiary/aromatic N) is 3. The maximum atomic E-state index is 13.4. The first-order valence-electron chi connectivity index (χ1n) is 11.3. The van der Waals surface area contributed by atoms with Crippen molar-refractivity contribution in [3.63, 3.8) is 0 Å². The minimum atomic E-state index is -0.0794. The van der Waals surface area contributed by atoms with Gasteiger partial charge < -0.3 is 19.1 Å². The Kier molecular flexibility index (Phi) is 9.27. The highest BCUT2D eigenvalue weighted by atomic mass is 16.5. The summed E-state index contributed by atoms with van der Waals surface area (Å²) >= 11 is 0. The predicted molar refractivity (Wildman–Crippen MR) is 129 cm³/mol. The third-order valence-electron chi connectivity index (χ3n) is 5.69. The third-order valence-corrected chi connectivity index (χ3v) is 5.69. The Balaban J connectivity index is 1.70. The van der Waals surface area contributed by atoms with Gasteiger partial charge in [-0.05, 0) is 29.7 Å². The molecule has 0 aliphatic carbocycles. The van der Waals surface area contributed by atoms with Crippen molar-refractivity contribution in [3.8, 4) is 0 Å². The summed E-state index contributed by atoms with van der Waals surface area (Å²) in [5.74, 6) is -0.119. The molecule has 2 amide bonds. The van der Waals surface area contributed by atoms with Gasteiger partial charge in [-0.2, -0.15) is 0 Å². The van der Waals surface area contributed by atoms with Gasteiger partial charge in [-0.3, -0.25) is 9.59 Å². The van der Waals surface area contributed by atoms with E-state index in [4.69, 9.17) is 4.74 Å². The van der Waals surface area contributed by atoms with Crippen molar-refractivity contribution >= 4 is 11.8 Å². The van der Waals surface area contributed by atoms with Gasteiger partial charge in [0.05, 0.1) is 19.7 Å². The molecule has 33 heavy (non-hydrogen) atoms. The topological polar surface area (TPSA) is 54.8 Å². The predicted octanol–water partition coefficient (Wildman–Crippen LogP) is 3.66. The summed E-state index contributed by atoms with van der Waals surface area (Å²) in [7, 11) is 3.57. The van der Waals surface area contributed by atoms with Gasteiger partial charge in [0.1, 0.15) is 0 Å². The van der Waals surface area contributed by atoms with E-state index in [0.717, 1.165) is 16.8 Å². The van der Waals surface area contributed by atoms with E-state index in [9.17, 15) is 9.59 Å². The van der Waals surface area contributed by atoms with Crippen molar-refractivity contribution in [3.05, 3.63) is 95.8 Å². The van der Waals surface area contributed by atoms with Gasteiger partial charge in [-0.25, -0.2) is 0 Å². The summed E-state index contributed by atoms with van der Waals surface area (Å²) in [6.45, 7) is 1.78. The zero-order chi connectivity index (χ0) is 23.5. The lowest BCUT2D eigenvalue weighted by Crippen LogP contribution is -2.44. The lowest BCUT2D eigenvalue weighted by molar-refractivity contribution is -0.141. The van der Waals surface area contributed by atoms with Gasteiger partial charge in [-0.15, -0.1) is 0 Å². The van der Waals surface area contributed by atoms with E-state index in [1.807, 2.05) is 95.5 Å². The van der Waals surface area contributed by atoms with Crippen LogP contribution in [0, 0.1) is 0 Å². The monoisotopic (exact) mass is 447 g/mol. The Morgan fingerprint density at radius 3 is 2.09 bits per heavy atom. The standard InChI is InChI=1S/C27H33N3O3/c1-28-17-9-14-25(28)21-30(20-24-12-7-4-8-13-24)27(32)22-29(18-19-33-2)26(31)16-15-23-10-5-3-6-11-23/h3-14,17H,15-16,18-22H2,1-2H3. The van der Waals surface area contributed by atoms with Gasteiger partial charge in [0.15, 0.2) is 0 Å². The van der Waals surface area contributed by atoms with Crippen LogP contribution in [0.5, 0.6) is 0 Å². The van der Waals surface area contributed by atoms with Crippen molar-refractivity contribution < 1.29 is 14.3 Å². The summed E-state index contributed by atoms with van der Waals surface area (Å²) in [6, 6.07) is 23.8. The molecule has 0 atom stereocenters. The van der Waals surface area contributed by atoms with E-state index in [-0.39, 0.29) is 18.4 Å². The number of carbonyl (C=O) groups excluding carboxylic acids is 2. The van der Waals surface area contributed by atoms with Crippen LogP contribution in [0.4, 0.5) is 0 Å². The number of hydrogen-bond donors (Lipinski definition) is 0. The molecule has 174 valence electrons. The van der Waals surface area contributed by atoms with Crippen molar-refractivity contribution in [1.82, 2.24) is 14.4 Å². The molecule has 0 aliphatic heterocycles. The molecule has 0 saturated heterocycles. The van der Waals surface area contributed by atoms with Gasteiger partial charge in [0.2, 0.25) is 11.8 Å². The first-order chi connectivity index (χ1) is 16.1. The number of ether oxygens (including phenoxy) is 1. The number of hydrogen-bond acceptors (Lipinski definition) is 3. The molecular formula is C27H33N3O3. The highest BCUT2D eigenvalue weighted by molar-refractivity contribution is 5.85. The van der Waals surface area contributed by atoms with Crippen molar-refractivity contribution in [2.75, 3.05) is 26.8 Å². The fraction of sp³-hybridized carbons (Fsp3) is 0.333. The first-order valence-corrected chi connectivity index (χ1v) is 11.3. The average Bonchev–Trinajstić information content (AvgIpc) is 3.25. The highest BCUT2D eigenvalue weighted by Crippen LogP contribution is 2.12. The molecule has 0 aliphatic rings. The second-order valence-corrected chi connectivity index (χ2v) is 8.14. The number of rotatable bonds is 12. The fourth-order valence-corrected chi connectivity index (χ4v) is 3.70. The van der Waals surface area contributed by atoms with Gasteiger partial charge >= 0.3 is 0 Å². The van der Waals surface area contributed by atoms with Crippen LogP contribution in [0.25, 0.3) is 0 Å². The molecule has 2 aromatic carbocycles. The zero-order valence-electron chi connectivity index (χ0n) is 19.5. The summed E-state index contributed by atoms with van der Waals surface area (Å²) in [5, 5.41) is 0. The Morgan fingerprint density at radius 1 is 0.818 bits per heavy atom. The van der Waals surface area contributed by atoms with Crippen LogP contribution in [-0.4, -0.2) is 53.0 Å². The molecule has 0 spiro atoms. The van der Waals surface area contributed by atoms with Crippen LogP contribution in [0.3, 0.4) is 0 Å². The molecule has 6 heteroatoms.